The molecule has 1 heterocycles. The minimum Gasteiger partial charge on any atom is -0.374 e. The van der Waals surface area contributed by atoms with Crippen molar-refractivity contribution < 1.29 is 4.74 Å². The van der Waals surface area contributed by atoms with Crippen molar-refractivity contribution in [3.05, 3.63) is 0 Å². The Labute approximate surface area is 118 Å². The number of rotatable bonds is 8. The SMILES string of the molecule is CCCC1O[C@H](C[C@H](C)CCPP)[C@H](C)C1CC. The van der Waals surface area contributed by atoms with Crippen LogP contribution in [0.15, 0.2) is 0 Å². The average Bonchev–Trinajstić information content (AvgIpc) is 2.63. The van der Waals surface area contributed by atoms with Gasteiger partial charge >= 0.3 is 0 Å². The first-order chi connectivity index (χ1) is 8.63. The molecule has 0 aromatic rings. The van der Waals surface area contributed by atoms with E-state index in [9.17, 15) is 0 Å². The van der Waals surface area contributed by atoms with Crippen molar-refractivity contribution in [1.82, 2.24) is 0 Å². The van der Waals surface area contributed by atoms with Gasteiger partial charge in [0.05, 0.1) is 12.2 Å². The Balaban J connectivity index is 2.46. The molecule has 1 aliphatic rings. The molecule has 1 saturated heterocycles. The first kappa shape index (κ1) is 16.9. The van der Waals surface area contributed by atoms with Gasteiger partial charge in [-0.1, -0.05) is 40.5 Å². The van der Waals surface area contributed by atoms with Crippen molar-refractivity contribution in [2.45, 2.75) is 72.0 Å². The van der Waals surface area contributed by atoms with Gasteiger partial charge in [-0.25, -0.2) is 0 Å². The van der Waals surface area contributed by atoms with Gasteiger partial charge in [0.2, 0.25) is 0 Å². The Kier molecular flexibility index (Phi) is 8.33. The van der Waals surface area contributed by atoms with E-state index in [1.807, 2.05) is 0 Å². The predicted octanol–water partition coefficient (Wildman–Crippen LogP) is 5.10. The number of hydrogen-bond donors (Lipinski definition) is 0. The molecular weight excluding hydrogens is 258 g/mol. The minimum atomic E-state index is 0.523. The van der Waals surface area contributed by atoms with Crippen LogP contribution in [-0.2, 0) is 4.74 Å². The van der Waals surface area contributed by atoms with E-state index in [0.717, 1.165) is 26.0 Å². The average molecular weight is 290 g/mol. The maximum atomic E-state index is 6.37. The fourth-order valence-corrected chi connectivity index (χ4v) is 4.54. The Morgan fingerprint density at radius 1 is 1.28 bits per heavy atom. The topological polar surface area (TPSA) is 9.23 Å². The van der Waals surface area contributed by atoms with Crippen LogP contribution in [0.4, 0.5) is 0 Å². The normalized spacial score (nSPS) is 34.5. The van der Waals surface area contributed by atoms with Crippen LogP contribution >= 0.6 is 17.2 Å². The molecule has 0 saturated carbocycles. The van der Waals surface area contributed by atoms with Crippen molar-refractivity contribution in [1.29, 1.82) is 0 Å². The molecule has 18 heavy (non-hydrogen) atoms. The number of ether oxygens (including phenoxy) is 1. The molecule has 0 bridgehead atoms. The summed E-state index contributed by atoms with van der Waals surface area (Å²) in [5, 5.41) is 0. The lowest BCUT2D eigenvalue weighted by Gasteiger charge is -2.21. The largest absolute Gasteiger partial charge is 0.374 e. The van der Waals surface area contributed by atoms with Gasteiger partial charge in [0.1, 0.15) is 0 Å². The summed E-state index contributed by atoms with van der Waals surface area (Å²) >= 11 is 0. The molecule has 1 fully saturated rings. The van der Waals surface area contributed by atoms with Crippen LogP contribution in [0.25, 0.3) is 0 Å². The highest BCUT2D eigenvalue weighted by atomic mass is 32.0. The van der Waals surface area contributed by atoms with E-state index in [4.69, 9.17) is 4.74 Å². The quantitative estimate of drug-likeness (QED) is 0.565. The van der Waals surface area contributed by atoms with Crippen LogP contribution in [0.2, 0.25) is 0 Å². The second kappa shape index (κ2) is 8.89. The summed E-state index contributed by atoms with van der Waals surface area (Å²) in [5.41, 5.74) is 0. The zero-order chi connectivity index (χ0) is 13.5. The van der Waals surface area contributed by atoms with E-state index in [-0.39, 0.29) is 0 Å². The van der Waals surface area contributed by atoms with Crippen LogP contribution in [-0.4, -0.2) is 18.4 Å². The van der Waals surface area contributed by atoms with Crippen molar-refractivity contribution in [2.75, 3.05) is 6.16 Å². The van der Waals surface area contributed by atoms with Crippen LogP contribution in [0.3, 0.4) is 0 Å². The summed E-state index contributed by atoms with van der Waals surface area (Å²) in [6.07, 6.45) is 8.85. The van der Waals surface area contributed by atoms with Crippen LogP contribution in [0, 0.1) is 17.8 Å². The fraction of sp³-hybridized carbons (Fsp3) is 1.00. The maximum Gasteiger partial charge on any atom is 0.0610 e. The van der Waals surface area contributed by atoms with Crippen molar-refractivity contribution in [3.63, 3.8) is 0 Å². The second-order valence-corrected chi connectivity index (χ2v) is 8.15. The summed E-state index contributed by atoms with van der Waals surface area (Å²) in [6.45, 7) is 9.42. The third-order valence-electron chi connectivity index (χ3n) is 4.55. The highest BCUT2D eigenvalue weighted by molar-refractivity contribution is 8.02. The van der Waals surface area contributed by atoms with Crippen molar-refractivity contribution in [2.24, 2.45) is 17.8 Å². The van der Waals surface area contributed by atoms with Gasteiger partial charge in [0.25, 0.3) is 0 Å². The fourth-order valence-electron chi connectivity index (χ4n) is 3.38. The monoisotopic (exact) mass is 290 g/mol. The van der Waals surface area contributed by atoms with E-state index in [1.165, 1.54) is 38.3 Å². The van der Waals surface area contributed by atoms with Gasteiger partial charge in [0.15, 0.2) is 0 Å². The van der Waals surface area contributed by atoms with Crippen LogP contribution < -0.4 is 0 Å². The zero-order valence-corrected chi connectivity index (χ0v) is 14.8. The molecule has 0 aromatic carbocycles. The second-order valence-electron chi connectivity index (χ2n) is 6.02. The van der Waals surface area contributed by atoms with Gasteiger partial charge < -0.3 is 4.74 Å². The molecule has 0 radical (unpaired) electrons. The summed E-state index contributed by atoms with van der Waals surface area (Å²) in [6, 6.07) is 0. The molecule has 4 unspecified atom stereocenters. The molecule has 1 nitrogen and oxygen atoms in total. The standard InChI is InChI=1S/C15H32OP2/c1-5-7-14-13(6-2)12(4)15(16-14)10-11(3)8-9-18-17/h11-15,18H,5-10,17H2,1-4H3/t11-,12-,13?,14?,15-/m1/s1. The molecule has 7 atom stereocenters. The molecule has 0 aliphatic carbocycles. The molecule has 0 amide bonds. The molecule has 1 rings (SSSR count). The van der Waals surface area contributed by atoms with Gasteiger partial charge in [-0.2, -0.15) is 0 Å². The Morgan fingerprint density at radius 3 is 2.56 bits per heavy atom. The third kappa shape index (κ3) is 4.73. The first-order valence-electron chi connectivity index (χ1n) is 7.72. The lowest BCUT2D eigenvalue weighted by atomic mass is 9.82. The molecule has 1 aliphatic heterocycles. The number of hydrogen-bond acceptors (Lipinski definition) is 1. The highest BCUT2D eigenvalue weighted by Gasteiger charge is 2.40. The smallest absolute Gasteiger partial charge is 0.0610 e. The molecule has 108 valence electrons. The maximum absolute atomic E-state index is 6.37. The zero-order valence-electron chi connectivity index (χ0n) is 12.6. The highest BCUT2D eigenvalue weighted by Crippen LogP contribution is 2.39. The summed E-state index contributed by atoms with van der Waals surface area (Å²) in [7, 11) is 3.89. The van der Waals surface area contributed by atoms with Gasteiger partial charge in [0, 0.05) is 0 Å². The Hall–Kier alpha value is 0.820. The van der Waals surface area contributed by atoms with E-state index in [0.29, 0.717) is 12.2 Å². The van der Waals surface area contributed by atoms with E-state index < -0.39 is 0 Å². The lowest BCUT2D eigenvalue weighted by molar-refractivity contribution is 0.0129. The molecule has 3 heteroatoms. The van der Waals surface area contributed by atoms with E-state index in [2.05, 4.69) is 36.6 Å². The van der Waals surface area contributed by atoms with Crippen molar-refractivity contribution in [3.8, 4) is 0 Å². The third-order valence-corrected chi connectivity index (χ3v) is 5.99. The van der Waals surface area contributed by atoms with Gasteiger partial charge in [-0.15, -0.1) is 17.2 Å². The van der Waals surface area contributed by atoms with E-state index in [1.54, 1.807) is 0 Å². The summed E-state index contributed by atoms with van der Waals surface area (Å²) < 4.78 is 6.37. The molecule has 0 spiro atoms. The van der Waals surface area contributed by atoms with Gasteiger partial charge in [-0.05, 0) is 43.2 Å². The van der Waals surface area contributed by atoms with E-state index >= 15 is 0 Å². The summed E-state index contributed by atoms with van der Waals surface area (Å²) in [4.78, 5) is 0. The Morgan fingerprint density at radius 2 is 2.00 bits per heavy atom. The van der Waals surface area contributed by atoms with Crippen LogP contribution in [0.5, 0.6) is 0 Å². The predicted molar refractivity (Wildman–Crippen MR) is 87.8 cm³/mol. The van der Waals surface area contributed by atoms with Crippen LogP contribution in [0.1, 0.15) is 59.8 Å². The minimum absolute atomic E-state index is 0.523. The van der Waals surface area contributed by atoms with Crippen molar-refractivity contribution >= 4 is 17.2 Å². The molecule has 0 aromatic heterocycles. The first-order valence-corrected chi connectivity index (χ1v) is 10.7. The van der Waals surface area contributed by atoms with Gasteiger partial charge in [-0.3, -0.25) is 0 Å². The lowest BCUT2D eigenvalue weighted by Crippen LogP contribution is -2.20. The summed E-state index contributed by atoms with van der Waals surface area (Å²) in [5.74, 6) is 2.38. The Bertz CT molecular complexity index is 223. The molecular formula is C15H32OP2. The molecule has 0 N–H and O–H groups in total.